The Labute approximate surface area is 109 Å². The molecule has 0 aromatic rings. The molecular formula is C13H25N3O2. The highest BCUT2D eigenvalue weighted by Gasteiger charge is 2.14. The molecule has 18 heavy (non-hydrogen) atoms. The minimum Gasteiger partial charge on any atom is -0.379 e. The van der Waals surface area contributed by atoms with E-state index in [0.29, 0.717) is 6.54 Å². The summed E-state index contributed by atoms with van der Waals surface area (Å²) in [5.74, 6) is 0.171. The van der Waals surface area contributed by atoms with E-state index in [1.54, 1.807) is 0 Å². The molecule has 0 spiro atoms. The molecule has 2 heterocycles. The first-order chi connectivity index (χ1) is 8.84. The van der Waals surface area contributed by atoms with Crippen LogP contribution in [0.15, 0.2) is 0 Å². The Morgan fingerprint density at radius 3 is 2.44 bits per heavy atom. The predicted molar refractivity (Wildman–Crippen MR) is 70.6 cm³/mol. The number of hydrogen-bond acceptors (Lipinski definition) is 4. The van der Waals surface area contributed by atoms with Crippen molar-refractivity contribution in [2.24, 2.45) is 0 Å². The smallest absolute Gasteiger partial charge is 0.234 e. The number of hydrogen-bond donors (Lipinski definition) is 1. The number of carbonyl (C=O) groups excluding carboxylic acids is 1. The maximum Gasteiger partial charge on any atom is 0.234 e. The van der Waals surface area contributed by atoms with Gasteiger partial charge in [0.1, 0.15) is 0 Å². The third-order valence-corrected chi connectivity index (χ3v) is 3.67. The van der Waals surface area contributed by atoms with Gasteiger partial charge in [0.05, 0.1) is 19.8 Å². The van der Waals surface area contributed by atoms with Crippen LogP contribution in [0.25, 0.3) is 0 Å². The summed E-state index contributed by atoms with van der Waals surface area (Å²) in [6, 6.07) is 0. The van der Waals surface area contributed by atoms with Crippen molar-refractivity contribution in [2.75, 3.05) is 59.0 Å². The Kier molecular flexibility index (Phi) is 5.90. The first-order valence-corrected chi connectivity index (χ1v) is 7.14. The molecule has 2 fully saturated rings. The highest BCUT2D eigenvalue weighted by atomic mass is 16.5. The number of ether oxygens (including phenoxy) is 1. The lowest BCUT2D eigenvalue weighted by Crippen LogP contribution is -2.44. The second-order valence-electron chi connectivity index (χ2n) is 5.14. The zero-order chi connectivity index (χ0) is 12.6. The van der Waals surface area contributed by atoms with Gasteiger partial charge in [-0.25, -0.2) is 0 Å². The van der Waals surface area contributed by atoms with Gasteiger partial charge in [-0.05, 0) is 25.9 Å². The summed E-state index contributed by atoms with van der Waals surface area (Å²) in [4.78, 5) is 16.4. The fourth-order valence-corrected chi connectivity index (χ4v) is 2.55. The van der Waals surface area contributed by atoms with Gasteiger partial charge in [0, 0.05) is 26.2 Å². The molecule has 5 heteroatoms. The number of morpholine rings is 1. The molecule has 1 N–H and O–H groups in total. The van der Waals surface area contributed by atoms with Crippen molar-refractivity contribution >= 4 is 5.91 Å². The Balaban J connectivity index is 1.53. The number of nitrogens with one attached hydrogen (secondary N) is 1. The van der Waals surface area contributed by atoms with Gasteiger partial charge in [-0.1, -0.05) is 6.42 Å². The minimum absolute atomic E-state index is 0.171. The molecule has 0 aromatic heterocycles. The summed E-state index contributed by atoms with van der Waals surface area (Å²) in [6.45, 7) is 8.05. The fraction of sp³-hybridized carbons (Fsp3) is 0.923. The van der Waals surface area contributed by atoms with Crippen LogP contribution in [-0.2, 0) is 9.53 Å². The summed E-state index contributed by atoms with van der Waals surface area (Å²) in [7, 11) is 0. The second kappa shape index (κ2) is 7.71. The van der Waals surface area contributed by atoms with Gasteiger partial charge in [0.15, 0.2) is 0 Å². The summed E-state index contributed by atoms with van der Waals surface area (Å²) < 4.78 is 5.29. The summed E-state index contributed by atoms with van der Waals surface area (Å²) in [6.07, 6.45) is 3.79. The van der Waals surface area contributed by atoms with Crippen LogP contribution < -0.4 is 5.32 Å². The maximum absolute atomic E-state index is 11.8. The van der Waals surface area contributed by atoms with Crippen LogP contribution >= 0.6 is 0 Å². The van der Waals surface area contributed by atoms with E-state index in [4.69, 9.17) is 4.74 Å². The quantitative estimate of drug-likeness (QED) is 0.746. The number of amides is 1. The Morgan fingerprint density at radius 2 is 1.72 bits per heavy atom. The number of nitrogens with zero attached hydrogens (tertiary/aromatic N) is 2. The van der Waals surface area contributed by atoms with E-state index in [0.717, 1.165) is 52.5 Å². The van der Waals surface area contributed by atoms with Gasteiger partial charge in [-0.3, -0.25) is 14.6 Å². The van der Waals surface area contributed by atoms with Gasteiger partial charge in [-0.2, -0.15) is 0 Å². The molecule has 0 aromatic carbocycles. The van der Waals surface area contributed by atoms with Crippen molar-refractivity contribution in [3.8, 4) is 0 Å². The van der Waals surface area contributed by atoms with Crippen LogP contribution in [0.3, 0.4) is 0 Å². The minimum atomic E-state index is 0.171. The lowest BCUT2D eigenvalue weighted by Gasteiger charge is -2.27. The highest BCUT2D eigenvalue weighted by molar-refractivity contribution is 5.77. The molecule has 0 unspecified atom stereocenters. The van der Waals surface area contributed by atoms with Gasteiger partial charge >= 0.3 is 0 Å². The van der Waals surface area contributed by atoms with Crippen LogP contribution in [0.2, 0.25) is 0 Å². The third kappa shape index (κ3) is 4.92. The van der Waals surface area contributed by atoms with Crippen LogP contribution in [0.4, 0.5) is 0 Å². The van der Waals surface area contributed by atoms with Crippen molar-refractivity contribution in [2.45, 2.75) is 19.3 Å². The van der Waals surface area contributed by atoms with E-state index in [2.05, 4.69) is 15.1 Å². The van der Waals surface area contributed by atoms with Gasteiger partial charge in [0.25, 0.3) is 0 Å². The molecular weight excluding hydrogens is 230 g/mol. The Hall–Kier alpha value is -0.650. The van der Waals surface area contributed by atoms with Crippen molar-refractivity contribution < 1.29 is 9.53 Å². The van der Waals surface area contributed by atoms with Crippen LogP contribution in [0, 0.1) is 0 Å². The van der Waals surface area contributed by atoms with Gasteiger partial charge in [-0.15, -0.1) is 0 Å². The normalized spacial score (nSPS) is 22.9. The zero-order valence-electron chi connectivity index (χ0n) is 11.2. The monoisotopic (exact) mass is 255 g/mol. The molecule has 0 bridgehead atoms. The lowest BCUT2D eigenvalue weighted by atomic mass is 10.1. The number of likely N-dealkylation sites (tertiary alicyclic amines) is 1. The molecule has 0 radical (unpaired) electrons. The van der Waals surface area contributed by atoms with Crippen molar-refractivity contribution in [3.63, 3.8) is 0 Å². The van der Waals surface area contributed by atoms with E-state index in [-0.39, 0.29) is 5.91 Å². The lowest BCUT2D eigenvalue weighted by molar-refractivity contribution is -0.122. The summed E-state index contributed by atoms with van der Waals surface area (Å²) in [5, 5.41) is 3.01. The molecule has 2 rings (SSSR count). The standard InChI is InChI=1S/C13H25N3O2/c17-13(12-16-5-2-1-3-6-16)14-4-7-15-8-10-18-11-9-15/h1-12H2,(H,14,17). The fourth-order valence-electron chi connectivity index (χ4n) is 2.55. The molecule has 2 saturated heterocycles. The SMILES string of the molecule is O=C(CN1CCCCC1)NCCN1CCOCC1. The van der Waals surface area contributed by atoms with E-state index >= 15 is 0 Å². The summed E-state index contributed by atoms with van der Waals surface area (Å²) >= 11 is 0. The van der Waals surface area contributed by atoms with Crippen molar-refractivity contribution in [1.82, 2.24) is 15.1 Å². The molecule has 0 atom stereocenters. The van der Waals surface area contributed by atoms with Crippen LogP contribution in [0.1, 0.15) is 19.3 Å². The van der Waals surface area contributed by atoms with E-state index in [9.17, 15) is 4.79 Å². The molecule has 2 aliphatic rings. The van der Waals surface area contributed by atoms with E-state index in [1.807, 2.05) is 0 Å². The van der Waals surface area contributed by atoms with Crippen molar-refractivity contribution in [3.05, 3.63) is 0 Å². The molecule has 2 aliphatic heterocycles. The van der Waals surface area contributed by atoms with E-state index < -0.39 is 0 Å². The third-order valence-electron chi connectivity index (χ3n) is 3.67. The molecule has 0 aliphatic carbocycles. The predicted octanol–water partition coefficient (Wildman–Crippen LogP) is -0.0793. The van der Waals surface area contributed by atoms with Gasteiger partial charge < -0.3 is 10.1 Å². The number of carbonyl (C=O) groups is 1. The largest absolute Gasteiger partial charge is 0.379 e. The average molecular weight is 255 g/mol. The molecule has 1 amide bonds. The summed E-state index contributed by atoms with van der Waals surface area (Å²) in [5.41, 5.74) is 0. The topological polar surface area (TPSA) is 44.8 Å². The first-order valence-electron chi connectivity index (χ1n) is 7.14. The second-order valence-corrected chi connectivity index (χ2v) is 5.14. The first kappa shape index (κ1) is 13.8. The highest BCUT2D eigenvalue weighted by Crippen LogP contribution is 2.07. The van der Waals surface area contributed by atoms with E-state index in [1.165, 1.54) is 19.3 Å². The van der Waals surface area contributed by atoms with Crippen LogP contribution in [-0.4, -0.2) is 74.7 Å². The van der Waals surface area contributed by atoms with Crippen LogP contribution in [0.5, 0.6) is 0 Å². The average Bonchev–Trinajstić information content (AvgIpc) is 2.41. The maximum atomic E-state index is 11.8. The Morgan fingerprint density at radius 1 is 1.00 bits per heavy atom. The molecule has 5 nitrogen and oxygen atoms in total. The molecule has 0 saturated carbocycles. The van der Waals surface area contributed by atoms with Gasteiger partial charge in [0.2, 0.25) is 5.91 Å². The Bertz CT molecular complexity index is 249. The number of piperidine rings is 1. The zero-order valence-corrected chi connectivity index (χ0v) is 11.2. The van der Waals surface area contributed by atoms with Crippen molar-refractivity contribution in [1.29, 1.82) is 0 Å². The molecule has 104 valence electrons. The number of rotatable bonds is 5.